The van der Waals surface area contributed by atoms with E-state index in [-0.39, 0.29) is 0 Å². The molecule has 1 saturated heterocycles. The van der Waals surface area contributed by atoms with Crippen molar-refractivity contribution in [1.82, 2.24) is 5.32 Å². The minimum absolute atomic E-state index is 0.461. The standard InChI is InChI=1S/C14H21NOS/c1-3-15-14(13-8-5-9-17-13)11-6-4-7-12(10-11)16-2/h4,6-7,10,13-15H,3,5,8-9H2,1-2H3. The van der Waals surface area contributed by atoms with Crippen LogP contribution in [0.2, 0.25) is 0 Å². The average Bonchev–Trinajstić information content (AvgIpc) is 2.89. The minimum atomic E-state index is 0.461. The van der Waals surface area contributed by atoms with E-state index in [2.05, 4.69) is 42.2 Å². The van der Waals surface area contributed by atoms with E-state index < -0.39 is 0 Å². The van der Waals surface area contributed by atoms with Crippen LogP contribution in [-0.2, 0) is 0 Å². The van der Waals surface area contributed by atoms with Gasteiger partial charge in [-0.05, 0) is 42.8 Å². The Balaban J connectivity index is 2.18. The largest absolute Gasteiger partial charge is 0.497 e. The van der Waals surface area contributed by atoms with E-state index in [9.17, 15) is 0 Å². The van der Waals surface area contributed by atoms with Crippen molar-refractivity contribution in [3.63, 3.8) is 0 Å². The van der Waals surface area contributed by atoms with Gasteiger partial charge < -0.3 is 10.1 Å². The maximum Gasteiger partial charge on any atom is 0.119 e. The van der Waals surface area contributed by atoms with E-state index in [4.69, 9.17) is 4.74 Å². The zero-order valence-electron chi connectivity index (χ0n) is 10.6. The summed E-state index contributed by atoms with van der Waals surface area (Å²) in [5.41, 5.74) is 1.35. The van der Waals surface area contributed by atoms with E-state index in [1.54, 1.807) is 7.11 Å². The number of benzene rings is 1. The summed E-state index contributed by atoms with van der Waals surface area (Å²) in [4.78, 5) is 0. The third-order valence-electron chi connectivity index (χ3n) is 3.21. The Bertz CT molecular complexity index is 350. The summed E-state index contributed by atoms with van der Waals surface area (Å²) >= 11 is 2.10. The molecule has 0 aliphatic carbocycles. The third kappa shape index (κ3) is 3.17. The van der Waals surface area contributed by atoms with Gasteiger partial charge in [0.25, 0.3) is 0 Å². The molecule has 0 bridgehead atoms. The fourth-order valence-electron chi connectivity index (χ4n) is 2.38. The lowest BCUT2D eigenvalue weighted by atomic mass is 10.0. The molecule has 2 unspecified atom stereocenters. The average molecular weight is 251 g/mol. The van der Waals surface area contributed by atoms with Crippen molar-refractivity contribution in [2.75, 3.05) is 19.4 Å². The van der Waals surface area contributed by atoms with Crippen LogP contribution in [-0.4, -0.2) is 24.7 Å². The van der Waals surface area contributed by atoms with Gasteiger partial charge >= 0.3 is 0 Å². The van der Waals surface area contributed by atoms with Gasteiger partial charge in [0.1, 0.15) is 5.75 Å². The monoisotopic (exact) mass is 251 g/mol. The molecule has 0 spiro atoms. The van der Waals surface area contributed by atoms with E-state index in [1.165, 1.54) is 24.2 Å². The highest BCUT2D eigenvalue weighted by atomic mass is 32.2. The van der Waals surface area contributed by atoms with Gasteiger partial charge in [-0.3, -0.25) is 0 Å². The number of thioether (sulfide) groups is 1. The number of rotatable bonds is 5. The number of methoxy groups -OCH3 is 1. The fourth-order valence-corrected chi connectivity index (χ4v) is 3.80. The van der Waals surface area contributed by atoms with Crippen molar-refractivity contribution in [3.8, 4) is 5.75 Å². The van der Waals surface area contributed by atoms with Crippen LogP contribution in [0.1, 0.15) is 31.4 Å². The maximum atomic E-state index is 5.31. The molecule has 0 aromatic heterocycles. The van der Waals surface area contributed by atoms with Crippen LogP contribution in [0.25, 0.3) is 0 Å². The molecule has 0 saturated carbocycles. The first-order valence-corrected chi connectivity index (χ1v) is 7.39. The molecular weight excluding hydrogens is 230 g/mol. The van der Waals surface area contributed by atoms with Crippen LogP contribution in [0.15, 0.2) is 24.3 Å². The summed E-state index contributed by atoms with van der Waals surface area (Å²) in [5.74, 6) is 2.25. The number of hydrogen-bond donors (Lipinski definition) is 1. The summed E-state index contributed by atoms with van der Waals surface area (Å²) in [7, 11) is 1.73. The molecule has 2 nitrogen and oxygen atoms in total. The fraction of sp³-hybridized carbons (Fsp3) is 0.571. The van der Waals surface area contributed by atoms with Crippen LogP contribution in [0.3, 0.4) is 0 Å². The predicted molar refractivity (Wildman–Crippen MR) is 74.9 cm³/mol. The predicted octanol–water partition coefficient (Wildman–Crippen LogP) is 3.24. The van der Waals surface area contributed by atoms with Crippen molar-refractivity contribution in [3.05, 3.63) is 29.8 Å². The first kappa shape index (κ1) is 12.8. The van der Waals surface area contributed by atoms with E-state index in [1.807, 2.05) is 6.07 Å². The van der Waals surface area contributed by atoms with Crippen molar-refractivity contribution < 1.29 is 4.74 Å². The van der Waals surface area contributed by atoms with Gasteiger partial charge in [0.05, 0.1) is 7.11 Å². The topological polar surface area (TPSA) is 21.3 Å². The van der Waals surface area contributed by atoms with Gasteiger partial charge in [-0.2, -0.15) is 11.8 Å². The molecule has 2 atom stereocenters. The first-order chi connectivity index (χ1) is 8.35. The summed E-state index contributed by atoms with van der Waals surface area (Å²) in [6.45, 7) is 3.19. The number of hydrogen-bond acceptors (Lipinski definition) is 3. The zero-order chi connectivity index (χ0) is 12.1. The van der Waals surface area contributed by atoms with Crippen LogP contribution in [0.4, 0.5) is 0 Å². The molecule has 1 heterocycles. The van der Waals surface area contributed by atoms with Crippen molar-refractivity contribution in [2.24, 2.45) is 0 Å². The van der Waals surface area contributed by atoms with Crippen molar-refractivity contribution in [1.29, 1.82) is 0 Å². The molecule has 1 aliphatic rings. The lowest BCUT2D eigenvalue weighted by Crippen LogP contribution is -2.28. The Morgan fingerprint density at radius 3 is 3.06 bits per heavy atom. The molecule has 1 N–H and O–H groups in total. The summed E-state index contributed by atoms with van der Waals surface area (Å²) in [6, 6.07) is 8.91. The van der Waals surface area contributed by atoms with Gasteiger partial charge in [-0.1, -0.05) is 19.1 Å². The second-order valence-electron chi connectivity index (χ2n) is 4.36. The molecule has 1 aliphatic heterocycles. The molecule has 2 rings (SSSR count). The normalized spacial score (nSPS) is 21.4. The summed E-state index contributed by atoms with van der Waals surface area (Å²) in [6.07, 6.45) is 2.67. The van der Waals surface area contributed by atoms with E-state index in [0.717, 1.165) is 12.3 Å². The highest BCUT2D eigenvalue weighted by molar-refractivity contribution is 8.00. The van der Waals surface area contributed by atoms with E-state index in [0.29, 0.717) is 11.3 Å². The Morgan fingerprint density at radius 2 is 2.41 bits per heavy atom. The Kier molecular flexibility index (Phi) is 4.75. The Hall–Kier alpha value is -0.670. The van der Waals surface area contributed by atoms with Gasteiger partial charge in [0.15, 0.2) is 0 Å². The summed E-state index contributed by atoms with van der Waals surface area (Å²) < 4.78 is 5.31. The van der Waals surface area contributed by atoms with Crippen molar-refractivity contribution >= 4 is 11.8 Å². The number of ether oxygens (including phenoxy) is 1. The lowest BCUT2D eigenvalue weighted by molar-refractivity contribution is 0.412. The second kappa shape index (κ2) is 6.31. The number of nitrogens with one attached hydrogen (secondary N) is 1. The van der Waals surface area contributed by atoms with Crippen LogP contribution in [0.5, 0.6) is 5.75 Å². The quantitative estimate of drug-likeness (QED) is 0.868. The lowest BCUT2D eigenvalue weighted by Gasteiger charge is -2.24. The molecule has 3 heteroatoms. The summed E-state index contributed by atoms with van der Waals surface area (Å²) in [5, 5.41) is 4.33. The smallest absolute Gasteiger partial charge is 0.119 e. The SMILES string of the molecule is CCNC(c1cccc(OC)c1)C1CCCS1. The van der Waals surface area contributed by atoms with Gasteiger partial charge in [0, 0.05) is 11.3 Å². The first-order valence-electron chi connectivity index (χ1n) is 6.34. The van der Waals surface area contributed by atoms with Crippen LogP contribution < -0.4 is 10.1 Å². The second-order valence-corrected chi connectivity index (χ2v) is 5.71. The minimum Gasteiger partial charge on any atom is -0.497 e. The van der Waals surface area contributed by atoms with Gasteiger partial charge in [-0.25, -0.2) is 0 Å². The van der Waals surface area contributed by atoms with Crippen LogP contribution in [0, 0.1) is 0 Å². The molecule has 0 radical (unpaired) electrons. The highest BCUT2D eigenvalue weighted by Crippen LogP contribution is 2.36. The molecule has 17 heavy (non-hydrogen) atoms. The molecule has 94 valence electrons. The Morgan fingerprint density at radius 1 is 1.53 bits per heavy atom. The molecule has 1 aromatic carbocycles. The van der Waals surface area contributed by atoms with Crippen LogP contribution >= 0.6 is 11.8 Å². The molecule has 1 aromatic rings. The zero-order valence-corrected chi connectivity index (χ0v) is 11.4. The maximum absolute atomic E-state index is 5.31. The van der Waals surface area contributed by atoms with E-state index >= 15 is 0 Å². The van der Waals surface area contributed by atoms with Gasteiger partial charge in [-0.15, -0.1) is 0 Å². The molecule has 1 fully saturated rings. The third-order valence-corrected chi connectivity index (χ3v) is 4.67. The van der Waals surface area contributed by atoms with Crippen molar-refractivity contribution in [2.45, 2.75) is 31.1 Å². The highest BCUT2D eigenvalue weighted by Gasteiger charge is 2.26. The Labute approximate surface area is 108 Å². The molecular formula is C14H21NOS. The van der Waals surface area contributed by atoms with Gasteiger partial charge in [0.2, 0.25) is 0 Å². The molecule has 0 amide bonds.